The second kappa shape index (κ2) is 5.53. The van der Waals surface area contributed by atoms with Crippen LogP contribution in [0.25, 0.3) is 0 Å². The first kappa shape index (κ1) is 13.3. The fourth-order valence-corrected chi connectivity index (χ4v) is 1.23. The van der Waals surface area contributed by atoms with Crippen LogP contribution in [0.3, 0.4) is 0 Å². The number of halogens is 2. The Labute approximate surface area is 96.2 Å². The largest absolute Gasteiger partial charge is 0.385 e. The van der Waals surface area contributed by atoms with Crippen LogP contribution in [0, 0.1) is 17.0 Å². The predicted molar refractivity (Wildman–Crippen MR) is 58.3 cm³/mol. The molecule has 1 aromatic rings. The lowest BCUT2D eigenvalue weighted by molar-refractivity contribution is -0.385. The first-order valence-corrected chi connectivity index (χ1v) is 4.87. The Bertz CT molecular complexity index is 413. The van der Waals surface area contributed by atoms with Crippen molar-refractivity contribution in [3.8, 4) is 0 Å². The molecule has 2 N–H and O–H groups in total. The second-order valence-corrected chi connectivity index (χ2v) is 3.54. The third-order valence-electron chi connectivity index (χ3n) is 2.21. The van der Waals surface area contributed by atoms with E-state index in [0.717, 1.165) is 0 Å². The molecular weight excluding hydrogens is 234 g/mol. The van der Waals surface area contributed by atoms with Crippen LogP contribution < -0.4 is 5.32 Å². The highest BCUT2D eigenvalue weighted by Crippen LogP contribution is 2.22. The summed E-state index contributed by atoms with van der Waals surface area (Å²) < 4.78 is 24.0. The highest BCUT2D eigenvalue weighted by atomic mass is 19.3. The monoisotopic (exact) mass is 246 g/mol. The van der Waals surface area contributed by atoms with Crippen LogP contribution >= 0.6 is 0 Å². The number of aliphatic hydroxyl groups is 1. The molecule has 0 saturated carbocycles. The maximum absolute atomic E-state index is 12.0. The van der Waals surface area contributed by atoms with Gasteiger partial charge < -0.3 is 10.4 Å². The number of nitro groups is 1. The minimum Gasteiger partial charge on any atom is -0.385 e. The second-order valence-electron chi connectivity index (χ2n) is 3.54. The topological polar surface area (TPSA) is 75.4 Å². The Balaban J connectivity index is 2.73. The van der Waals surface area contributed by atoms with Crippen molar-refractivity contribution in [2.24, 2.45) is 0 Å². The van der Waals surface area contributed by atoms with Gasteiger partial charge in [-0.05, 0) is 13.0 Å². The summed E-state index contributed by atoms with van der Waals surface area (Å²) in [5.74, 6) is 0. The minimum atomic E-state index is -2.84. The molecule has 0 heterocycles. The molecule has 0 amide bonds. The molecule has 7 heteroatoms. The molecule has 0 aliphatic heterocycles. The van der Waals surface area contributed by atoms with Crippen molar-refractivity contribution in [1.29, 1.82) is 0 Å². The van der Waals surface area contributed by atoms with Crippen LogP contribution in [-0.4, -0.2) is 29.1 Å². The molecule has 0 aliphatic rings. The van der Waals surface area contributed by atoms with E-state index in [0.29, 0.717) is 11.3 Å². The zero-order valence-corrected chi connectivity index (χ0v) is 9.06. The SMILES string of the molecule is Cc1ccc(NCC(O)C(F)F)cc1[N+](=O)[O-]. The number of hydrogen-bond donors (Lipinski definition) is 2. The number of aliphatic hydroxyl groups excluding tert-OH is 1. The summed E-state index contributed by atoms with van der Waals surface area (Å²) in [6.45, 7) is 1.22. The normalized spacial score (nSPS) is 12.5. The number of alkyl halides is 2. The molecule has 5 nitrogen and oxygen atoms in total. The van der Waals surface area contributed by atoms with Gasteiger partial charge in [-0.2, -0.15) is 0 Å². The molecule has 0 bridgehead atoms. The maximum Gasteiger partial charge on any atom is 0.274 e. The average molecular weight is 246 g/mol. The molecule has 0 spiro atoms. The molecule has 0 radical (unpaired) electrons. The molecule has 1 rings (SSSR count). The number of aryl methyl sites for hydroxylation is 1. The molecule has 0 fully saturated rings. The van der Waals surface area contributed by atoms with E-state index in [9.17, 15) is 18.9 Å². The number of nitrogens with zero attached hydrogens (tertiary/aromatic N) is 1. The van der Waals surface area contributed by atoms with E-state index in [4.69, 9.17) is 5.11 Å². The maximum atomic E-state index is 12.0. The van der Waals surface area contributed by atoms with E-state index in [1.165, 1.54) is 18.2 Å². The van der Waals surface area contributed by atoms with Gasteiger partial charge in [-0.25, -0.2) is 8.78 Å². The number of nitrogens with one attached hydrogen (secondary N) is 1. The van der Waals surface area contributed by atoms with Gasteiger partial charge >= 0.3 is 0 Å². The van der Waals surface area contributed by atoms with Crippen molar-refractivity contribution in [3.63, 3.8) is 0 Å². The summed E-state index contributed by atoms with van der Waals surface area (Å²) in [6.07, 6.45) is -4.64. The summed E-state index contributed by atoms with van der Waals surface area (Å²) in [5, 5.41) is 22.0. The van der Waals surface area contributed by atoms with Gasteiger partial charge in [0.2, 0.25) is 0 Å². The van der Waals surface area contributed by atoms with Crippen LogP contribution in [0.5, 0.6) is 0 Å². The Morgan fingerprint density at radius 1 is 1.53 bits per heavy atom. The van der Waals surface area contributed by atoms with Gasteiger partial charge in [-0.1, -0.05) is 6.07 Å². The highest BCUT2D eigenvalue weighted by Gasteiger charge is 2.17. The van der Waals surface area contributed by atoms with Gasteiger partial charge in [0, 0.05) is 23.9 Å². The standard InChI is InChI=1S/C10H12F2N2O3/c1-6-2-3-7(4-8(6)14(16)17)13-5-9(15)10(11)12/h2-4,9-10,13,15H,5H2,1H3. The molecule has 0 aromatic heterocycles. The van der Waals surface area contributed by atoms with Crippen molar-refractivity contribution in [2.45, 2.75) is 19.5 Å². The first-order chi connectivity index (χ1) is 7.91. The fourth-order valence-electron chi connectivity index (χ4n) is 1.23. The molecule has 94 valence electrons. The third-order valence-corrected chi connectivity index (χ3v) is 2.21. The van der Waals surface area contributed by atoms with Crippen molar-refractivity contribution in [3.05, 3.63) is 33.9 Å². The quantitative estimate of drug-likeness (QED) is 0.615. The zero-order valence-electron chi connectivity index (χ0n) is 9.06. The van der Waals surface area contributed by atoms with Crippen LogP contribution in [0.2, 0.25) is 0 Å². The van der Waals surface area contributed by atoms with Crippen molar-refractivity contribution >= 4 is 11.4 Å². The van der Waals surface area contributed by atoms with Gasteiger partial charge in [-0.15, -0.1) is 0 Å². The van der Waals surface area contributed by atoms with E-state index in [1.807, 2.05) is 0 Å². The Hall–Kier alpha value is -1.76. The smallest absolute Gasteiger partial charge is 0.274 e. The fraction of sp³-hybridized carbons (Fsp3) is 0.400. The van der Waals surface area contributed by atoms with Crippen LogP contribution in [0.15, 0.2) is 18.2 Å². The van der Waals surface area contributed by atoms with Crippen LogP contribution in [0.1, 0.15) is 5.56 Å². The number of nitro benzene ring substituents is 1. The Morgan fingerprint density at radius 3 is 2.71 bits per heavy atom. The summed E-state index contributed by atoms with van der Waals surface area (Å²) in [4.78, 5) is 10.1. The van der Waals surface area contributed by atoms with Gasteiger partial charge in [0.25, 0.3) is 12.1 Å². The van der Waals surface area contributed by atoms with E-state index < -0.39 is 17.5 Å². The molecule has 0 saturated heterocycles. The minimum absolute atomic E-state index is 0.0958. The van der Waals surface area contributed by atoms with Gasteiger partial charge in [0.15, 0.2) is 0 Å². The van der Waals surface area contributed by atoms with Gasteiger partial charge in [0.05, 0.1) is 4.92 Å². The Morgan fingerprint density at radius 2 is 2.18 bits per heavy atom. The molecule has 1 unspecified atom stereocenters. The lowest BCUT2D eigenvalue weighted by atomic mass is 10.2. The highest BCUT2D eigenvalue weighted by molar-refractivity contribution is 5.54. The molecular formula is C10H12F2N2O3. The van der Waals surface area contributed by atoms with Gasteiger partial charge in [-0.3, -0.25) is 10.1 Å². The number of anilines is 1. The summed E-state index contributed by atoms with van der Waals surface area (Å²) in [7, 11) is 0. The number of benzene rings is 1. The van der Waals surface area contributed by atoms with Crippen molar-refractivity contribution < 1.29 is 18.8 Å². The van der Waals surface area contributed by atoms with E-state index >= 15 is 0 Å². The molecule has 17 heavy (non-hydrogen) atoms. The van der Waals surface area contributed by atoms with E-state index in [2.05, 4.69) is 5.32 Å². The first-order valence-electron chi connectivity index (χ1n) is 4.87. The summed E-state index contributed by atoms with van der Waals surface area (Å²) in [6, 6.07) is 4.28. The predicted octanol–water partition coefficient (Wildman–Crippen LogP) is 1.94. The van der Waals surface area contributed by atoms with E-state index in [1.54, 1.807) is 6.92 Å². The van der Waals surface area contributed by atoms with Crippen LogP contribution in [-0.2, 0) is 0 Å². The molecule has 0 aliphatic carbocycles. The van der Waals surface area contributed by atoms with Gasteiger partial charge in [0.1, 0.15) is 6.10 Å². The number of rotatable bonds is 5. The molecule has 1 aromatic carbocycles. The van der Waals surface area contributed by atoms with Crippen molar-refractivity contribution in [1.82, 2.24) is 0 Å². The van der Waals surface area contributed by atoms with Crippen LogP contribution in [0.4, 0.5) is 20.2 Å². The summed E-state index contributed by atoms with van der Waals surface area (Å²) >= 11 is 0. The zero-order chi connectivity index (χ0) is 13.0. The Kier molecular flexibility index (Phi) is 4.33. The third kappa shape index (κ3) is 3.63. The number of hydrogen-bond acceptors (Lipinski definition) is 4. The lowest BCUT2D eigenvalue weighted by Gasteiger charge is -2.11. The van der Waals surface area contributed by atoms with Crippen molar-refractivity contribution in [2.75, 3.05) is 11.9 Å². The van der Waals surface area contributed by atoms with E-state index in [-0.39, 0.29) is 12.2 Å². The molecule has 1 atom stereocenters. The summed E-state index contributed by atoms with van der Waals surface area (Å²) in [5.41, 5.74) is 0.707. The lowest BCUT2D eigenvalue weighted by Crippen LogP contribution is -2.26. The average Bonchev–Trinajstić information content (AvgIpc) is 2.26.